The van der Waals surface area contributed by atoms with Gasteiger partial charge in [0.15, 0.2) is 0 Å². The van der Waals surface area contributed by atoms with Crippen molar-refractivity contribution in [2.24, 2.45) is 0 Å². The zero-order chi connectivity index (χ0) is 13.1. The molecule has 1 aromatic rings. The van der Waals surface area contributed by atoms with Gasteiger partial charge in [-0.2, -0.15) is 5.26 Å². The van der Waals surface area contributed by atoms with Crippen molar-refractivity contribution in [1.29, 1.82) is 5.26 Å². The molecule has 0 unspecified atom stereocenters. The van der Waals surface area contributed by atoms with E-state index in [0.717, 1.165) is 30.2 Å². The highest BCUT2D eigenvalue weighted by Gasteiger charge is 2.31. The van der Waals surface area contributed by atoms with Crippen LogP contribution in [0.25, 0.3) is 0 Å². The third-order valence-corrected chi connectivity index (χ3v) is 3.52. The van der Waals surface area contributed by atoms with Gasteiger partial charge in [0.25, 0.3) is 0 Å². The number of hydrogen-bond acceptors (Lipinski definition) is 4. The third kappa shape index (κ3) is 2.73. The summed E-state index contributed by atoms with van der Waals surface area (Å²) in [7, 11) is 0. The molecule has 0 atom stereocenters. The predicted molar refractivity (Wildman–Crippen MR) is 71.8 cm³/mol. The maximum absolute atomic E-state index is 8.75. The Bertz CT molecular complexity index is 477. The molecule has 18 heavy (non-hydrogen) atoms. The molecule has 2 rings (SSSR count). The summed E-state index contributed by atoms with van der Waals surface area (Å²) in [6, 6.07) is 2.72. The molecule has 0 radical (unpaired) electrons. The lowest BCUT2D eigenvalue weighted by molar-refractivity contribution is 0.761. The van der Waals surface area contributed by atoms with Crippen LogP contribution in [0.15, 0.2) is 0 Å². The number of hydrogen-bond donors (Lipinski definition) is 0. The van der Waals surface area contributed by atoms with Crippen LogP contribution in [0, 0.1) is 18.3 Å². The average Bonchev–Trinajstić information content (AvgIpc) is 3.18. The highest BCUT2D eigenvalue weighted by molar-refractivity contribution is 6.30. The Morgan fingerprint density at radius 2 is 2.17 bits per heavy atom. The second kappa shape index (κ2) is 5.53. The summed E-state index contributed by atoms with van der Waals surface area (Å²) in [5.74, 6) is 1.67. The average molecular weight is 265 g/mol. The zero-order valence-electron chi connectivity index (χ0n) is 10.8. The van der Waals surface area contributed by atoms with Gasteiger partial charge in [0.1, 0.15) is 16.8 Å². The number of rotatable bonds is 5. The Morgan fingerprint density at radius 3 is 2.72 bits per heavy atom. The maximum atomic E-state index is 8.75. The van der Waals surface area contributed by atoms with E-state index >= 15 is 0 Å². The van der Waals surface area contributed by atoms with E-state index in [1.54, 1.807) is 0 Å². The lowest BCUT2D eigenvalue weighted by Gasteiger charge is -2.24. The molecule has 0 N–H and O–H groups in total. The molecule has 1 fully saturated rings. The maximum Gasteiger partial charge on any atom is 0.137 e. The van der Waals surface area contributed by atoms with Crippen LogP contribution in [0.1, 0.15) is 37.6 Å². The molecule has 1 aliphatic rings. The summed E-state index contributed by atoms with van der Waals surface area (Å²) in [4.78, 5) is 11.1. The van der Waals surface area contributed by atoms with Crippen molar-refractivity contribution in [1.82, 2.24) is 9.97 Å². The van der Waals surface area contributed by atoms with Gasteiger partial charge in [-0.25, -0.2) is 9.97 Å². The highest BCUT2D eigenvalue weighted by atomic mass is 35.5. The zero-order valence-corrected chi connectivity index (χ0v) is 11.5. The predicted octanol–water partition coefficient (Wildman–Crippen LogP) is 2.88. The van der Waals surface area contributed by atoms with Crippen molar-refractivity contribution < 1.29 is 0 Å². The summed E-state index contributed by atoms with van der Waals surface area (Å²) in [6.45, 7) is 4.68. The van der Waals surface area contributed by atoms with E-state index in [9.17, 15) is 0 Å². The Morgan fingerprint density at radius 1 is 1.44 bits per heavy atom. The number of nitrogens with zero attached hydrogens (tertiary/aromatic N) is 4. The Kier molecular flexibility index (Phi) is 4.03. The molecular formula is C13H17ClN4. The summed E-state index contributed by atoms with van der Waals surface area (Å²) in [5, 5.41) is 9.28. The molecular weight excluding hydrogens is 248 g/mol. The smallest absolute Gasteiger partial charge is 0.137 e. The molecule has 0 aliphatic heterocycles. The van der Waals surface area contributed by atoms with Gasteiger partial charge in [-0.15, -0.1) is 0 Å². The molecule has 96 valence electrons. The van der Waals surface area contributed by atoms with Gasteiger partial charge >= 0.3 is 0 Å². The normalized spacial score (nSPS) is 14.3. The van der Waals surface area contributed by atoms with Crippen LogP contribution in [-0.2, 0) is 6.42 Å². The topological polar surface area (TPSA) is 52.8 Å². The first-order valence-corrected chi connectivity index (χ1v) is 6.71. The standard InChI is InChI=1S/C13H17ClN4/c1-3-11-16-12(14)9(2)13(17-11)18(8-4-7-15)10-5-6-10/h10H,3-6,8H2,1-2H3. The summed E-state index contributed by atoms with van der Waals surface area (Å²) < 4.78 is 0. The van der Waals surface area contributed by atoms with Crippen LogP contribution in [0.4, 0.5) is 5.82 Å². The molecule has 1 heterocycles. The fourth-order valence-electron chi connectivity index (χ4n) is 1.98. The Hall–Kier alpha value is -1.34. The van der Waals surface area contributed by atoms with E-state index in [1.807, 2.05) is 13.8 Å². The number of aryl methyl sites for hydroxylation is 1. The molecule has 1 saturated carbocycles. The highest BCUT2D eigenvalue weighted by Crippen LogP contribution is 2.34. The van der Waals surface area contributed by atoms with E-state index in [4.69, 9.17) is 16.9 Å². The fourth-order valence-corrected chi connectivity index (χ4v) is 2.16. The van der Waals surface area contributed by atoms with Crippen molar-refractivity contribution in [2.75, 3.05) is 11.4 Å². The van der Waals surface area contributed by atoms with Gasteiger partial charge in [0, 0.05) is 24.6 Å². The van der Waals surface area contributed by atoms with Gasteiger partial charge in [0.2, 0.25) is 0 Å². The van der Waals surface area contributed by atoms with Crippen LogP contribution in [0.2, 0.25) is 5.15 Å². The van der Waals surface area contributed by atoms with Crippen LogP contribution in [0.5, 0.6) is 0 Å². The van der Waals surface area contributed by atoms with Gasteiger partial charge in [-0.05, 0) is 19.8 Å². The van der Waals surface area contributed by atoms with E-state index < -0.39 is 0 Å². The van der Waals surface area contributed by atoms with Crippen LogP contribution in [0.3, 0.4) is 0 Å². The minimum Gasteiger partial charge on any atom is -0.352 e. The SMILES string of the molecule is CCc1nc(Cl)c(C)c(N(CCC#N)C2CC2)n1. The quantitative estimate of drug-likeness (QED) is 0.768. The monoisotopic (exact) mass is 264 g/mol. The first kappa shape index (κ1) is 13.1. The van der Waals surface area contributed by atoms with Crippen molar-refractivity contribution >= 4 is 17.4 Å². The number of aromatic nitrogens is 2. The molecule has 0 amide bonds. The Labute approximate surface area is 113 Å². The first-order chi connectivity index (χ1) is 8.67. The van der Waals surface area contributed by atoms with Crippen LogP contribution >= 0.6 is 11.6 Å². The fraction of sp³-hybridized carbons (Fsp3) is 0.615. The summed E-state index contributed by atoms with van der Waals surface area (Å²) in [6.07, 6.45) is 3.63. The van der Waals surface area contributed by atoms with E-state index in [1.165, 1.54) is 12.8 Å². The largest absolute Gasteiger partial charge is 0.352 e. The molecule has 0 spiro atoms. The van der Waals surface area contributed by atoms with E-state index in [2.05, 4.69) is 20.9 Å². The van der Waals surface area contributed by atoms with Crippen molar-refractivity contribution in [2.45, 2.75) is 45.6 Å². The first-order valence-electron chi connectivity index (χ1n) is 6.34. The molecule has 4 nitrogen and oxygen atoms in total. The lowest BCUT2D eigenvalue weighted by Crippen LogP contribution is -2.29. The third-order valence-electron chi connectivity index (χ3n) is 3.15. The van der Waals surface area contributed by atoms with Gasteiger partial charge in [-0.3, -0.25) is 0 Å². The van der Waals surface area contributed by atoms with Crippen molar-refractivity contribution in [3.05, 3.63) is 16.5 Å². The van der Waals surface area contributed by atoms with Crippen molar-refractivity contribution in [3.63, 3.8) is 0 Å². The second-order valence-corrected chi connectivity index (χ2v) is 4.92. The van der Waals surface area contributed by atoms with E-state index in [-0.39, 0.29) is 0 Å². The van der Waals surface area contributed by atoms with Gasteiger partial charge in [0.05, 0.1) is 12.5 Å². The molecule has 0 saturated heterocycles. The lowest BCUT2D eigenvalue weighted by atomic mass is 10.2. The van der Waals surface area contributed by atoms with Gasteiger partial charge < -0.3 is 4.90 Å². The number of halogens is 1. The molecule has 1 aliphatic carbocycles. The number of anilines is 1. The van der Waals surface area contributed by atoms with Crippen LogP contribution in [-0.4, -0.2) is 22.6 Å². The molecule has 0 bridgehead atoms. The Balaban J connectivity index is 2.33. The molecule has 0 aromatic carbocycles. The molecule has 5 heteroatoms. The van der Waals surface area contributed by atoms with E-state index in [0.29, 0.717) is 17.6 Å². The number of nitriles is 1. The van der Waals surface area contributed by atoms with Crippen molar-refractivity contribution in [3.8, 4) is 6.07 Å². The van der Waals surface area contributed by atoms with Gasteiger partial charge in [-0.1, -0.05) is 18.5 Å². The minimum absolute atomic E-state index is 0.513. The summed E-state index contributed by atoms with van der Waals surface area (Å²) in [5.41, 5.74) is 0.915. The minimum atomic E-state index is 0.513. The second-order valence-electron chi connectivity index (χ2n) is 4.57. The summed E-state index contributed by atoms with van der Waals surface area (Å²) >= 11 is 6.16. The molecule has 1 aromatic heterocycles. The van der Waals surface area contributed by atoms with Crippen LogP contribution < -0.4 is 4.90 Å².